The number of fused-ring (bicyclic) bond motifs is 1. The Morgan fingerprint density at radius 1 is 1.04 bits per heavy atom. The quantitative estimate of drug-likeness (QED) is 0.721. The van der Waals surface area contributed by atoms with E-state index < -0.39 is 11.8 Å². The smallest absolute Gasteiger partial charge is 0.274 e. The molecule has 3 rings (SSSR count). The molecule has 0 spiro atoms. The fraction of sp³-hybridized carbons (Fsp3) is 0.421. The maximum absolute atomic E-state index is 12.2. The topological polar surface area (TPSA) is 113 Å². The molecular formula is C19H23N5O4. The fourth-order valence-electron chi connectivity index (χ4n) is 3.26. The fourth-order valence-corrected chi connectivity index (χ4v) is 3.26. The third-order valence-corrected chi connectivity index (χ3v) is 4.71. The molecule has 0 bridgehead atoms. The first-order valence-corrected chi connectivity index (χ1v) is 9.26. The zero-order valence-corrected chi connectivity index (χ0v) is 15.7. The van der Waals surface area contributed by atoms with Gasteiger partial charge in [-0.2, -0.15) is 5.10 Å². The first-order chi connectivity index (χ1) is 13.5. The van der Waals surface area contributed by atoms with Gasteiger partial charge in [0.2, 0.25) is 11.8 Å². The van der Waals surface area contributed by atoms with Crippen LogP contribution in [0.4, 0.5) is 0 Å². The van der Waals surface area contributed by atoms with Crippen molar-refractivity contribution in [1.29, 1.82) is 0 Å². The molecule has 0 atom stereocenters. The van der Waals surface area contributed by atoms with Crippen LogP contribution in [0.2, 0.25) is 0 Å². The Hall–Kier alpha value is -3.23. The van der Waals surface area contributed by atoms with Crippen LogP contribution >= 0.6 is 0 Å². The minimum Gasteiger partial charge on any atom is -0.333 e. The number of aromatic nitrogens is 2. The first kappa shape index (κ1) is 19.5. The number of benzene rings is 1. The lowest BCUT2D eigenvalue weighted by molar-refractivity contribution is -0.136. The molecule has 1 aliphatic heterocycles. The van der Waals surface area contributed by atoms with E-state index in [9.17, 15) is 19.2 Å². The summed E-state index contributed by atoms with van der Waals surface area (Å²) in [7, 11) is 1.52. The average Bonchev–Trinajstić information content (AvgIpc) is 2.88. The van der Waals surface area contributed by atoms with Crippen molar-refractivity contribution in [1.82, 2.24) is 25.5 Å². The molecule has 0 saturated carbocycles. The van der Waals surface area contributed by atoms with Gasteiger partial charge in [-0.1, -0.05) is 24.6 Å². The van der Waals surface area contributed by atoms with Gasteiger partial charge in [-0.25, -0.2) is 4.68 Å². The van der Waals surface area contributed by atoms with Gasteiger partial charge in [-0.15, -0.1) is 0 Å². The molecule has 1 saturated heterocycles. The normalized spacial score (nSPS) is 14.6. The molecule has 1 fully saturated rings. The molecule has 9 nitrogen and oxygen atoms in total. The van der Waals surface area contributed by atoms with Crippen LogP contribution in [-0.4, -0.2) is 45.5 Å². The molecule has 2 heterocycles. The average molecular weight is 385 g/mol. The number of hydrazine groups is 1. The largest absolute Gasteiger partial charge is 0.333 e. The van der Waals surface area contributed by atoms with E-state index in [1.165, 1.54) is 16.6 Å². The molecule has 28 heavy (non-hydrogen) atoms. The van der Waals surface area contributed by atoms with Crippen molar-refractivity contribution in [3.8, 4) is 0 Å². The lowest BCUT2D eigenvalue weighted by Gasteiger charge is -2.19. The van der Waals surface area contributed by atoms with Crippen molar-refractivity contribution in [2.24, 2.45) is 7.05 Å². The number of hydrogen-bond donors (Lipinski definition) is 2. The third kappa shape index (κ3) is 4.54. The maximum Gasteiger partial charge on any atom is 0.274 e. The second-order valence-electron chi connectivity index (χ2n) is 6.82. The summed E-state index contributed by atoms with van der Waals surface area (Å²) >= 11 is 0. The van der Waals surface area contributed by atoms with Gasteiger partial charge in [0.1, 0.15) is 6.54 Å². The van der Waals surface area contributed by atoms with E-state index in [4.69, 9.17) is 0 Å². The number of carbonyl (C=O) groups excluding carboxylic acids is 3. The van der Waals surface area contributed by atoms with Crippen molar-refractivity contribution >= 4 is 28.5 Å². The van der Waals surface area contributed by atoms with E-state index in [0.29, 0.717) is 29.4 Å². The van der Waals surface area contributed by atoms with Crippen LogP contribution in [-0.2, 0) is 27.9 Å². The summed E-state index contributed by atoms with van der Waals surface area (Å²) in [6.45, 7) is 0.467. The molecular weight excluding hydrogens is 362 g/mol. The van der Waals surface area contributed by atoms with Crippen molar-refractivity contribution in [2.45, 2.75) is 32.1 Å². The summed E-state index contributed by atoms with van der Waals surface area (Å²) in [4.78, 5) is 49.9. The molecule has 3 amide bonds. The SMILES string of the molecule is Cn1nc(CC(=O)NNC(=O)CN2CCCCCC2=O)c2ccccc2c1=O. The van der Waals surface area contributed by atoms with Crippen LogP contribution in [0.1, 0.15) is 31.4 Å². The molecule has 1 aliphatic rings. The van der Waals surface area contributed by atoms with Gasteiger partial charge in [0.25, 0.3) is 11.5 Å². The van der Waals surface area contributed by atoms with Crippen LogP contribution in [0.5, 0.6) is 0 Å². The summed E-state index contributed by atoms with van der Waals surface area (Å²) in [5.74, 6) is -0.964. The Labute approximate surface area is 161 Å². The summed E-state index contributed by atoms with van der Waals surface area (Å²) in [6.07, 6.45) is 3.04. The summed E-state index contributed by atoms with van der Waals surface area (Å²) in [6, 6.07) is 6.93. The monoisotopic (exact) mass is 385 g/mol. The molecule has 9 heteroatoms. The Morgan fingerprint density at radius 3 is 2.54 bits per heavy atom. The third-order valence-electron chi connectivity index (χ3n) is 4.71. The van der Waals surface area contributed by atoms with Crippen molar-refractivity contribution in [2.75, 3.05) is 13.1 Å². The lowest BCUT2D eigenvalue weighted by atomic mass is 10.1. The van der Waals surface area contributed by atoms with Crippen molar-refractivity contribution < 1.29 is 14.4 Å². The second-order valence-corrected chi connectivity index (χ2v) is 6.82. The zero-order chi connectivity index (χ0) is 20.1. The van der Waals surface area contributed by atoms with E-state index in [0.717, 1.165) is 19.3 Å². The highest BCUT2D eigenvalue weighted by atomic mass is 16.2. The number of aryl methyl sites for hydroxylation is 1. The van der Waals surface area contributed by atoms with Gasteiger partial charge >= 0.3 is 0 Å². The van der Waals surface area contributed by atoms with E-state index in [1.807, 2.05) is 0 Å². The van der Waals surface area contributed by atoms with E-state index >= 15 is 0 Å². The highest BCUT2D eigenvalue weighted by Crippen LogP contribution is 2.13. The van der Waals surface area contributed by atoms with Crippen molar-refractivity contribution in [3.63, 3.8) is 0 Å². The minimum atomic E-state index is -0.466. The second kappa shape index (κ2) is 8.64. The standard InChI is InChI=1S/C19H23N5O4/c1-23-19(28)14-8-5-4-7-13(14)15(22-23)11-16(25)20-21-17(26)12-24-10-6-2-3-9-18(24)27/h4-5,7-8H,2-3,6,9-12H2,1H3,(H,20,25)(H,21,26). The van der Waals surface area contributed by atoms with Gasteiger partial charge < -0.3 is 4.90 Å². The maximum atomic E-state index is 12.2. The van der Waals surface area contributed by atoms with E-state index in [2.05, 4.69) is 16.0 Å². The van der Waals surface area contributed by atoms with Crippen LogP contribution in [0, 0.1) is 0 Å². The predicted octanol–water partition coefficient (Wildman–Crippen LogP) is 0.0260. The van der Waals surface area contributed by atoms with Gasteiger partial charge in [0, 0.05) is 25.4 Å². The number of likely N-dealkylation sites (tertiary alicyclic amines) is 1. The zero-order valence-electron chi connectivity index (χ0n) is 15.7. The Bertz CT molecular complexity index is 968. The highest BCUT2D eigenvalue weighted by Gasteiger charge is 2.19. The van der Waals surface area contributed by atoms with E-state index in [-0.39, 0.29) is 24.4 Å². The van der Waals surface area contributed by atoms with Crippen LogP contribution in [0.15, 0.2) is 29.1 Å². The van der Waals surface area contributed by atoms with Crippen LogP contribution in [0.3, 0.4) is 0 Å². The van der Waals surface area contributed by atoms with Gasteiger partial charge in [0.15, 0.2) is 0 Å². The molecule has 148 valence electrons. The Morgan fingerprint density at radius 2 is 1.75 bits per heavy atom. The van der Waals surface area contributed by atoms with Gasteiger partial charge in [-0.05, 0) is 18.9 Å². The lowest BCUT2D eigenvalue weighted by Crippen LogP contribution is -2.48. The molecule has 0 unspecified atom stereocenters. The van der Waals surface area contributed by atoms with E-state index in [1.54, 1.807) is 24.3 Å². The Kier molecular flexibility index (Phi) is 6.03. The molecule has 2 aromatic rings. The minimum absolute atomic E-state index is 0.0418. The first-order valence-electron chi connectivity index (χ1n) is 9.26. The predicted molar refractivity (Wildman–Crippen MR) is 102 cm³/mol. The summed E-state index contributed by atoms with van der Waals surface area (Å²) < 4.78 is 1.19. The molecule has 0 aliphatic carbocycles. The van der Waals surface area contributed by atoms with Gasteiger partial charge in [0.05, 0.1) is 17.5 Å². The number of amides is 3. The van der Waals surface area contributed by atoms with Crippen LogP contribution < -0.4 is 16.4 Å². The number of rotatable bonds is 4. The highest BCUT2D eigenvalue weighted by molar-refractivity contribution is 5.90. The summed E-state index contributed by atoms with van der Waals surface area (Å²) in [5.41, 5.74) is 4.88. The number of carbonyl (C=O) groups is 3. The number of nitrogens with one attached hydrogen (secondary N) is 2. The Balaban J connectivity index is 1.60. The molecule has 0 radical (unpaired) electrons. The number of hydrogen-bond acceptors (Lipinski definition) is 5. The molecule has 1 aromatic carbocycles. The van der Waals surface area contributed by atoms with Gasteiger partial charge in [-0.3, -0.25) is 30.0 Å². The number of nitrogens with zero attached hydrogens (tertiary/aromatic N) is 3. The molecule has 1 aromatic heterocycles. The summed E-state index contributed by atoms with van der Waals surface area (Å²) in [5, 5.41) is 5.24. The van der Waals surface area contributed by atoms with Crippen LogP contribution in [0.25, 0.3) is 10.8 Å². The molecule has 2 N–H and O–H groups in total. The van der Waals surface area contributed by atoms with Crippen molar-refractivity contribution in [3.05, 3.63) is 40.3 Å².